The van der Waals surface area contributed by atoms with Crippen molar-refractivity contribution in [2.45, 2.75) is 19.5 Å². The molecular weight excluding hydrogens is 251 g/mol. The molecule has 0 saturated carbocycles. The molecule has 0 bridgehead atoms. The van der Waals surface area contributed by atoms with Gasteiger partial charge in [-0.25, -0.2) is 9.18 Å². The molecule has 1 aromatic rings. The molecule has 1 rings (SSSR count). The maximum absolute atomic E-state index is 13.5. The zero-order valence-electron chi connectivity index (χ0n) is 7.84. The van der Waals surface area contributed by atoms with Crippen LogP contribution in [0.25, 0.3) is 0 Å². The highest BCUT2D eigenvalue weighted by molar-refractivity contribution is 9.10. The molecule has 1 aromatic carbocycles. The number of alkyl halides is 1. The molecular formula is C10H10BrFO2. The number of benzene rings is 1. The van der Waals surface area contributed by atoms with E-state index in [9.17, 15) is 9.18 Å². The van der Waals surface area contributed by atoms with Crippen LogP contribution in [-0.2, 0) is 5.67 Å². The Bertz CT molecular complexity index is 369. The third kappa shape index (κ3) is 2.32. The summed E-state index contributed by atoms with van der Waals surface area (Å²) in [4.78, 5) is 10.7. The first-order valence-electron chi connectivity index (χ1n) is 4.04. The standard InChI is InChI=1S/C10H10BrFO2/c1-10(2,12)6-3-4-8(11)7(5-6)9(13)14/h3-5H,1-2H3,(H,13,14). The van der Waals surface area contributed by atoms with Gasteiger partial charge in [0.25, 0.3) is 0 Å². The Morgan fingerprint density at radius 1 is 1.50 bits per heavy atom. The van der Waals surface area contributed by atoms with Crippen LogP contribution >= 0.6 is 15.9 Å². The van der Waals surface area contributed by atoms with Crippen LogP contribution in [0.4, 0.5) is 4.39 Å². The lowest BCUT2D eigenvalue weighted by molar-refractivity contribution is 0.0695. The lowest BCUT2D eigenvalue weighted by atomic mass is 9.98. The molecule has 0 amide bonds. The summed E-state index contributed by atoms with van der Waals surface area (Å²) in [6, 6.07) is 4.45. The molecule has 4 heteroatoms. The van der Waals surface area contributed by atoms with Crippen LogP contribution in [0.2, 0.25) is 0 Å². The van der Waals surface area contributed by atoms with Crippen molar-refractivity contribution in [1.82, 2.24) is 0 Å². The Kier molecular flexibility index (Phi) is 2.95. The first-order valence-corrected chi connectivity index (χ1v) is 4.84. The molecule has 14 heavy (non-hydrogen) atoms. The molecule has 0 fully saturated rings. The summed E-state index contributed by atoms with van der Waals surface area (Å²) in [6.07, 6.45) is 0. The van der Waals surface area contributed by atoms with Gasteiger partial charge in [0.2, 0.25) is 0 Å². The minimum atomic E-state index is -1.52. The molecule has 0 aromatic heterocycles. The van der Waals surface area contributed by atoms with Crippen LogP contribution in [0.5, 0.6) is 0 Å². The Morgan fingerprint density at radius 3 is 2.50 bits per heavy atom. The van der Waals surface area contributed by atoms with E-state index in [4.69, 9.17) is 5.11 Å². The second-order valence-corrected chi connectivity index (χ2v) is 4.33. The van der Waals surface area contributed by atoms with Crippen LogP contribution in [0.15, 0.2) is 22.7 Å². The molecule has 2 nitrogen and oxygen atoms in total. The molecule has 0 atom stereocenters. The van der Waals surface area contributed by atoms with Gasteiger partial charge in [-0.1, -0.05) is 6.07 Å². The number of aromatic carboxylic acids is 1. The minimum Gasteiger partial charge on any atom is -0.478 e. The van der Waals surface area contributed by atoms with Crippen molar-refractivity contribution in [3.63, 3.8) is 0 Å². The highest BCUT2D eigenvalue weighted by atomic mass is 79.9. The van der Waals surface area contributed by atoms with Gasteiger partial charge in [-0.2, -0.15) is 0 Å². The normalized spacial score (nSPS) is 11.4. The van der Waals surface area contributed by atoms with Crippen molar-refractivity contribution in [2.75, 3.05) is 0 Å². The van der Waals surface area contributed by atoms with Crippen LogP contribution < -0.4 is 0 Å². The third-order valence-electron chi connectivity index (χ3n) is 1.88. The van der Waals surface area contributed by atoms with Crippen LogP contribution in [0, 0.1) is 0 Å². The quantitative estimate of drug-likeness (QED) is 0.886. The summed E-state index contributed by atoms with van der Waals surface area (Å²) in [5, 5.41) is 8.80. The van der Waals surface area contributed by atoms with Crippen molar-refractivity contribution in [2.24, 2.45) is 0 Å². The molecule has 76 valence electrons. The highest BCUT2D eigenvalue weighted by Crippen LogP contribution is 2.28. The number of carboxylic acid groups (broad SMARTS) is 1. The predicted molar refractivity (Wildman–Crippen MR) is 55.2 cm³/mol. The molecule has 0 radical (unpaired) electrons. The van der Waals surface area contributed by atoms with E-state index in [0.29, 0.717) is 10.0 Å². The number of rotatable bonds is 2. The first-order chi connectivity index (χ1) is 6.32. The summed E-state index contributed by atoms with van der Waals surface area (Å²) in [7, 11) is 0. The van der Waals surface area contributed by atoms with Gasteiger partial charge in [0.05, 0.1) is 5.56 Å². The number of halogens is 2. The van der Waals surface area contributed by atoms with Gasteiger partial charge in [-0.05, 0) is 47.5 Å². The summed E-state index contributed by atoms with van der Waals surface area (Å²) in [5.41, 5.74) is -1.09. The van der Waals surface area contributed by atoms with Crippen LogP contribution in [0.3, 0.4) is 0 Å². The smallest absolute Gasteiger partial charge is 0.336 e. The Morgan fingerprint density at radius 2 is 2.07 bits per heavy atom. The third-order valence-corrected chi connectivity index (χ3v) is 2.57. The summed E-state index contributed by atoms with van der Waals surface area (Å²) < 4.78 is 13.9. The molecule has 0 unspecified atom stereocenters. The Labute approximate surface area is 89.9 Å². The zero-order chi connectivity index (χ0) is 10.9. The molecule has 0 spiro atoms. The van der Waals surface area contributed by atoms with Gasteiger partial charge in [-0.3, -0.25) is 0 Å². The van der Waals surface area contributed by atoms with E-state index in [1.54, 1.807) is 12.1 Å². The van der Waals surface area contributed by atoms with Gasteiger partial charge in [0, 0.05) is 4.47 Å². The van der Waals surface area contributed by atoms with E-state index >= 15 is 0 Å². The van der Waals surface area contributed by atoms with Crippen molar-refractivity contribution in [3.05, 3.63) is 33.8 Å². The monoisotopic (exact) mass is 260 g/mol. The lowest BCUT2D eigenvalue weighted by Crippen LogP contribution is -2.10. The SMILES string of the molecule is CC(C)(F)c1ccc(Br)c(C(=O)O)c1. The van der Waals surface area contributed by atoms with Crippen molar-refractivity contribution < 1.29 is 14.3 Å². The predicted octanol–water partition coefficient (Wildman–Crippen LogP) is 3.35. The fourth-order valence-electron chi connectivity index (χ4n) is 1.06. The number of hydrogen-bond acceptors (Lipinski definition) is 1. The van der Waals surface area contributed by atoms with Crippen molar-refractivity contribution >= 4 is 21.9 Å². The van der Waals surface area contributed by atoms with Gasteiger partial charge in [-0.15, -0.1) is 0 Å². The zero-order valence-corrected chi connectivity index (χ0v) is 9.43. The fraction of sp³-hybridized carbons (Fsp3) is 0.300. The molecule has 0 heterocycles. The second kappa shape index (κ2) is 3.69. The van der Waals surface area contributed by atoms with E-state index in [1.165, 1.54) is 19.9 Å². The van der Waals surface area contributed by atoms with E-state index in [0.717, 1.165) is 0 Å². The number of carbonyl (C=O) groups is 1. The van der Waals surface area contributed by atoms with Crippen molar-refractivity contribution in [3.8, 4) is 0 Å². The molecule has 0 aliphatic carbocycles. The van der Waals surface area contributed by atoms with Gasteiger partial charge >= 0.3 is 5.97 Å². The summed E-state index contributed by atoms with van der Waals surface area (Å²) >= 11 is 3.09. The number of hydrogen-bond donors (Lipinski definition) is 1. The molecule has 0 aliphatic heterocycles. The van der Waals surface area contributed by atoms with Gasteiger partial charge in [0.15, 0.2) is 0 Å². The summed E-state index contributed by atoms with van der Waals surface area (Å²) in [5.74, 6) is -1.07. The largest absolute Gasteiger partial charge is 0.478 e. The van der Waals surface area contributed by atoms with Crippen LogP contribution in [-0.4, -0.2) is 11.1 Å². The van der Waals surface area contributed by atoms with Gasteiger partial charge < -0.3 is 5.11 Å². The minimum absolute atomic E-state index is 0.0771. The molecule has 1 N–H and O–H groups in total. The molecule has 0 aliphatic rings. The molecule has 0 saturated heterocycles. The average Bonchev–Trinajstić information content (AvgIpc) is 2.02. The topological polar surface area (TPSA) is 37.3 Å². The lowest BCUT2D eigenvalue weighted by Gasteiger charge is -2.15. The average molecular weight is 261 g/mol. The first kappa shape index (κ1) is 11.2. The van der Waals surface area contributed by atoms with E-state index in [1.807, 2.05) is 0 Å². The summed E-state index contributed by atoms with van der Waals surface area (Å²) in [6.45, 7) is 2.78. The highest BCUT2D eigenvalue weighted by Gasteiger charge is 2.21. The maximum Gasteiger partial charge on any atom is 0.336 e. The second-order valence-electron chi connectivity index (χ2n) is 3.47. The van der Waals surface area contributed by atoms with Gasteiger partial charge in [0.1, 0.15) is 5.67 Å². The van der Waals surface area contributed by atoms with E-state index in [2.05, 4.69) is 15.9 Å². The maximum atomic E-state index is 13.5. The number of carboxylic acids is 1. The van der Waals surface area contributed by atoms with Crippen molar-refractivity contribution in [1.29, 1.82) is 0 Å². The van der Waals surface area contributed by atoms with E-state index in [-0.39, 0.29) is 5.56 Å². The Hall–Kier alpha value is -0.900. The Balaban J connectivity index is 3.27. The van der Waals surface area contributed by atoms with E-state index < -0.39 is 11.6 Å². The van der Waals surface area contributed by atoms with Crippen LogP contribution in [0.1, 0.15) is 29.8 Å². The fourth-order valence-corrected chi connectivity index (χ4v) is 1.48.